The summed E-state index contributed by atoms with van der Waals surface area (Å²) in [5, 5.41) is 16.0. The molecule has 0 unspecified atom stereocenters. The fourth-order valence-corrected chi connectivity index (χ4v) is 2.09. The summed E-state index contributed by atoms with van der Waals surface area (Å²) in [6, 6.07) is 13.0. The summed E-state index contributed by atoms with van der Waals surface area (Å²) in [5.74, 6) is 0.226. The van der Waals surface area contributed by atoms with E-state index in [1.807, 2.05) is 44.2 Å². The van der Waals surface area contributed by atoms with E-state index in [1.54, 1.807) is 12.1 Å². The summed E-state index contributed by atoms with van der Waals surface area (Å²) in [6.45, 7) is 4.87. The molecule has 21 heavy (non-hydrogen) atoms. The first-order valence-electron chi connectivity index (χ1n) is 7.01. The van der Waals surface area contributed by atoms with Crippen molar-refractivity contribution in [2.75, 3.05) is 11.9 Å². The summed E-state index contributed by atoms with van der Waals surface area (Å²) in [6.07, 6.45) is 0. The molecule has 110 valence electrons. The van der Waals surface area contributed by atoms with Gasteiger partial charge >= 0.3 is 0 Å². The van der Waals surface area contributed by atoms with Crippen LogP contribution in [0.1, 0.15) is 28.4 Å². The van der Waals surface area contributed by atoms with E-state index < -0.39 is 0 Å². The van der Waals surface area contributed by atoms with Crippen LogP contribution < -0.4 is 10.6 Å². The Balaban J connectivity index is 2.08. The van der Waals surface area contributed by atoms with Gasteiger partial charge in [0.1, 0.15) is 5.75 Å². The van der Waals surface area contributed by atoms with Crippen LogP contribution in [0.3, 0.4) is 0 Å². The van der Waals surface area contributed by atoms with E-state index in [9.17, 15) is 9.90 Å². The highest BCUT2D eigenvalue weighted by Gasteiger charge is 2.06. The highest BCUT2D eigenvalue weighted by molar-refractivity contribution is 5.95. The number of hydrogen-bond acceptors (Lipinski definition) is 3. The third kappa shape index (κ3) is 3.75. The number of carbonyl (C=O) groups is 1. The molecule has 0 aliphatic heterocycles. The van der Waals surface area contributed by atoms with Crippen LogP contribution >= 0.6 is 0 Å². The molecule has 0 heterocycles. The lowest BCUT2D eigenvalue weighted by Gasteiger charge is -2.11. The molecule has 0 aromatic heterocycles. The van der Waals surface area contributed by atoms with Crippen LogP contribution in [0.2, 0.25) is 0 Å². The number of aryl methyl sites for hydroxylation is 1. The van der Waals surface area contributed by atoms with E-state index in [0.717, 1.165) is 16.8 Å². The van der Waals surface area contributed by atoms with E-state index in [1.165, 1.54) is 0 Å². The van der Waals surface area contributed by atoms with Crippen LogP contribution in [0.4, 0.5) is 5.69 Å². The monoisotopic (exact) mass is 284 g/mol. The molecule has 0 radical (unpaired) electrons. The first-order valence-corrected chi connectivity index (χ1v) is 7.01. The number of benzene rings is 2. The van der Waals surface area contributed by atoms with Crippen LogP contribution in [0.25, 0.3) is 0 Å². The van der Waals surface area contributed by atoms with Gasteiger partial charge in [-0.25, -0.2) is 0 Å². The van der Waals surface area contributed by atoms with Crippen molar-refractivity contribution in [2.45, 2.75) is 20.4 Å². The number of carbonyl (C=O) groups excluding carboxylic acids is 1. The molecule has 0 bridgehead atoms. The van der Waals surface area contributed by atoms with Crippen molar-refractivity contribution >= 4 is 11.6 Å². The maximum Gasteiger partial charge on any atom is 0.251 e. The fourth-order valence-electron chi connectivity index (χ4n) is 2.09. The topological polar surface area (TPSA) is 61.4 Å². The third-order valence-corrected chi connectivity index (χ3v) is 3.27. The second-order valence-electron chi connectivity index (χ2n) is 4.88. The van der Waals surface area contributed by atoms with E-state index in [0.29, 0.717) is 24.4 Å². The zero-order valence-electron chi connectivity index (χ0n) is 12.3. The number of hydrogen-bond donors (Lipinski definition) is 3. The van der Waals surface area contributed by atoms with Crippen molar-refractivity contribution in [1.29, 1.82) is 0 Å². The van der Waals surface area contributed by atoms with E-state index >= 15 is 0 Å². The Labute approximate surface area is 124 Å². The van der Waals surface area contributed by atoms with E-state index in [4.69, 9.17) is 0 Å². The van der Waals surface area contributed by atoms with Gasteiger partial charge < -0.3 is 15.7 Å². The minimum atomic E-state index is -0.0837. The first kappa shape index (κ1) is 14.9. The minimum Gasteiger partial charge on any atom is -0.507 e. The number of aromatic hydroxyl groups is 1. The Morgan fingerprint density at radius 1 is 1.19 bits per heavy atom. The standard InChI is InChI=1S/C17H20N2O2/c1-3-18-17(21)13-7-5-9-15(10-13)19-11-14-8-4-6-12(2)16(14)20/h4-10,19-20H,3,11H2,1-2H3,(H,18,21). The van der Waals surface area contributed by atoms with Gasteiger partial charge in [0, 0.05) is 29.9 Å². The second-order valence-corrected chi connectivity index (χ2v) is 4.88. The van der Waals surface area contributed by atoms with Crippen molar-refractivity contribution in [3.63, 3.8) is 0 Å². The Kier molecular flexibility index (Phi) is 4.82. The molecule has 4 heteroatoms. The lowest BCUT2D eigenvalue weighted by molar-refractivity contribution is 0.0956. The quantitative estimate of drug-likeness (QED) is 0.790. The molecule has 0 fully saturated rings. The van der Waals surface area contributed by atoms with Gasteiger partial charge in [-0.15, -0.1) is 0 Å². The fraction of sp³-hybridized carbons (Fsp3) is 0.235. The average molecular weight is 284 g/mol. The lowest BCUT2D eigenvalue weighted by atomic mass is 10.1. The van der Waals surface area contributed by atoms with Gasteiger partial charge in [0.05, 0.1) is 0 Å². The molecule has 2 aromatic rings. The Morgan fingerprint density at radius 3 is 2.71 bits per heavy atom. The molecule has 2 rings (SSSR count). The first-order chi connectivity index (χ1) is 10.1. The smallest absolute Gasteiger partial charge is 0.251 e. The van der Waals surface area contributed by atoms with Gasteiger partial charge in [-0.1, -0.05) is 24.3 Å². The Morgan fingerprint density at radius 2 is 1.95 bits per heavy atom. The Bertz CT molecular complexity index is 638. The summed E-state index contributed by atoms with van der Waals surface area (Å²) < 4.78 is 0. The van der Waals surface area contributed by atoms with Gasteiger partial charge in [-0.3, -0.25) is 4.79 Å². The summed E-state index contributed by atoms with van der Waals surface area (Å²) in [7, 11) is 0. The average Bonchev–Trinajstić information content (AvgIpc) is 2.49. The molecular formula is C17H20N2O2. The number of amides is 1. The van der Waals surface area contributed by atoms with Crippen molar-refractivity contribution < 1.29 is 9.90 Å². The van der Waals surface area contributed by atoms with Gasteiger partial charge in [-0.05, 0) is 37.6 Å². The van der Waals surface area contributed by atoms with Crippen LogP contribution in [0.15, 0.2) is 42.5 Å². The molecule has 0 spiro atoms. The summed E-state index contributed by atoms with van der Waals surface area (Å²) >= 11 is 0. The number of anilines is 1. The molecule has 0 saturated carbocycles. The molecule has 1 amide bonds. The lowest BCUT2D eigenvalue weighted by Crippen LogP contribution is -2.22. The maximum atomic E-state index is 11.8. The zero-order chi connectivity index (χ0) is 15.2. The number of para-hydroxylation sites is 1. The molecule has 4 nitrogen and oxygen atoms in total. The molecule has 0 aliphatic rings. The molecule has 0 atom stereocenters. The third-order valence-electron chi connectivity index (χ3n) is 3.27. The van der Waals surface area contributed by atoms with Gasteiger partial charge in [0.25, 0.3) is 5.91 Å². The number of phenols is 1. The van der Waals surface area contributed by atoms with Crippen LogP contribution in [-0.2, 0) is 6.54 Å². The van der Waals surface area contributed by atoms with E-state index in [2.05, 4.69) is 10.6 Å². The van der Waals surface area contributed by atoms with Gasteiger partial charge in [0.15, 0.2) is 0 Å². The number of rotatable bonds is 5. The van der Waals surface area contributed by atoms with Gasteiger partial charge in [-0.2, -0.15) is 0 Å². The predicted octanol–water partition coefficient (Wildman–Crippen LogP) is 3.06. The van der Waals surface area contributed by atoms with Crippen LogP contribution in [0.5, 0.6) is 5.75 Å². The highest BCUT2D eigenvalue weighted by atomic mass is 16.3. The Hall–Kier alpha value is -2.49. The molecule has 0 saturated heterocycles. The summed E-state index contributed by atoms with van der Waals surface area (Å²) in [5.41, 5.74) is 3.15. The molecule has 3 N–H and O–H groups in total. The van der Waals surface area contributed by atoms with Crippen molar-refractivity contribution in [3.05, 3.63) is 59.2 Å². The highest BCUT2D eigenvalue weighted by Crippen LogP contribution is 2.22. The molecular weight excluding hydrogens is 264 g/mol. The number of nitrogens with one attached hydrogen (secondary N) is 2. The van der Waals surface area contributed by atoms with Crippen LogP contribution in [-0.4, -0.2) is 17.6 Å². The maximum absolute atomic E-state index is 11.8. The zero-order valence-corrected chi connectivity index (χ0v) is 12.3. The van der Waals surface area contributed by atoms with Gasteiger partial charge in [0.2, 0.25) is 0 Å². The summed E-state index contributed by atoms with van der Waals surface area (Å²) in [4.78, 5) is 11.8. The molecule has 0 aliphatic carbocycles. The van der Waals surface area contributed by atoms with Crippen molar-refractivity contribution in [2.24, 2.45) is 0 Å². The molecule has 2 aromatic carbocycles. The largest absolute Gasteiger partial charge is 0.507 e. The van der Waals surface area contributed by atoms with Crippen LogP contribution in [0, 0.1) is 6.92 Å². The second kappa shape index (κ2) is 6.79. The van der Waals surface area contributed by atoms with Crippen molar-refractivity contribution in [1.82, 2.24) is 5.32 Å². The number of phenolic OH excluding ortho intramolecular Hbond substituents is 1. The normalized spacial score (nSPS) is 10.2. The van der Waals surface area contributed by atoms with Crippen molar-refractivity contribution in [3.8, 4) is 5.75 Å². The van der Waals surface area contributed by atoms with E-state index in [-0.39, 0.29) is 5.91 Å². The predicted molar refractivity (Wildman–Crippen MR) is 84.6 cm³/mol. The SMILES string of the molecule is CCNC(=O)c1cccc(NCc2cccc(C)c2O)c1. The minimum absolute atomic E-state index is 0.0837.